The number of nitrogens with one attached hydrogen (secondary N) is 3. The van der Waals surface area contributed by atoms with Gasteiger partial charge in [0.1, 0.15) is 0 Å². The predicted molar refractivity (Wildman–Crippen MR) is 95.6 cm³/mol. The lowest BCUT2D eigenvalue weighted by Crippen LogP contribution is -2.46. The molecule has 0 radical (unpaired) electrons. The van der Waals surface area contributed by atoms with E-state index in [0.717, 1.165) is 9.13 Å². The Bertz CT molecular complexity index is 617. The first-order valence-electron chi connectivity index (χ1n) is 6.29. The van der Waals surface area contributed by atoms with E-state index in [2.05, 4.69) is 38.8 Å². The third kappa shape index (κ3) is 5.31. The van der Waals surface area contributed by atoms with Gasteiger partial charge in [-0.05, 0) is 64.6 Å². The van der Waals surface area contributed by atoms with Gasteiger partial charge in [-0.2, -0.15) is 0 Å². The maximum absolute atomic E-state index is 11.9. The molecule has 0 aliphatic heterocycles. The van der Waals surface area contributed by atoms with Crippen LogP contribution in [0.3, 0.4) is 0 Å². The number of halogens is 1. The van der Waals surface area contributed by atoms with Crippen molar-refractivity contribution in [3.05, 3.63) is 69.3 Å². The minimum Gasteiger partial charge on any atom is -0.357 e. The number of benzene rings is 2. The first kappa shape index (κ1) is 15.7. The molecular formula is C15H14IN3OS. The maximum atomic E-state index is 11.9. The first-order valence-corrected chi connectivity index (χ1v) is 7.77. The van der Waals surface area contributed by atoms with E-state index in [1.807, 2.05) is 42.5 Å². The van der Waals surface area contributed by atoms with Gasteiger partial charge in [-0.25, -0.2) is 0 Å². The molecule has 0 saturated carbocycles. The molecule has 6 heteroatoms. The second-order valence-corrected chi connectivity index (χ2v) is 5.91. The Morgan fingerprint density at radius 3 is 2.33 bits per heavy atom. The SMILES string of the molecule is O=C(NNC(=S)NCc1ccccc1)c1ccc(I)cc1. The number of amides is 1. The number of carbonyl (C=O) groups excluding carboxylic acids is 1. The Labute approximate surface area is 142 Å². The molecule has 0 fully saturated rings. The standard InChI is InChI=1S/C15H14IN3OS/c16-13-8-6-12(7-9-13)14(20)18-19-15(21)17-10-11-4-2-1-3-5-11/h1-9H,10H2,(H,18,20)(H2,17,19,21). The Morgan fingerprint density at radius 2 is 1.67 bits per heavy atom. The number of hydrazine groups is 1. The molecule has 1 amide bonds. The Morgan fingerprint density at radius 1 is 1.00 bits per heavy atom. The molecule has 0 bridgehead atoms. The van der Waals surface area contributed by atoms with Gasteiger partial charge in [0.05, 0.1) is 0 Å². The molecule has 2 aromatic rings. The van der Waals surface area contributed by atoms with E-state index in [9.17, 15) is 4.79 Å². The highest BCUT2D eigenvalue weighted by Gasteiger charge is 2.05. The average Bonchev–Trinajstić information content (AvgIpc) is 2.52. The van der Waals surface area contributed by atoms with E-state index >= 15 is 0 Å². The predicted octanol–water partition coefficient (Wildman–Crippen LogP) is 2.60. The lowest BCUT2D eigenvalue weighted by atomic mass is 10.2. The number of rotatable bonds is 3. The van der Waals surface area contributed by atoms with Crippen molar-refractivity contribution >= 4 is 45.8 Å². The second kappa shape index (κ2) is 7.94. The maximum Gasteiger partial charge on any atom is 0.269 e. The van der Waals surface area contributed by atoms with Crippen LogP contribution in [-0.2, 0) is 6.54 Å². The van der Waals surface area contributed by atoms with Crippen molar-refractivity contribution in [3.63, 3.8) is 0 Å². The third-order valence-corrected chi connectivity index (χ3v) is 3.66. The van der Waals surface area contributed by atoms with Gasteiger partial charge < -0.3 is 5.32 Å². The van der Waals surface area contributed by atoms with E-state index in [0.29, 0.717) is 17.2 Å². The first-order chi connectivity index (χ1) is 10.1. The van der Waals surface area contributed by atoms with Crippen molar-refractivity contribution in [1.29, 1.82) is 0 Å². The lowest BCUT2D eigenvalue weighted by Gasteiger charge is -2.11. The number of hydrogen-bond acceptors (Lipinski definition) is 2. The summed E-state index contributed by atoms with van der Waals surface area (Å²) in [4.78, 5) is 11.9. The molecule has 3 N–H and O–H groups in total. The summed E-state index contributed by atoms with van der Waals surface area (Å²) in [5.74, 6) is -0.227. The monoisotopic (exact) mass is 411 g/mol. The largest absolute Gasteiger partial charge is 0.357 e. The number of thiocarbonyl (C=S) groups is 1. The van der Waals surface area contributed by atoms with E-state index < -0.39 is 0 Å². The van der Waals surface area contributed by atoms with Crippen LogP contribution < -0.4 is 16.2 Å². The van der Waals surface area contributed by atoms with E-state index in [-0.39, 0.29) is 5.91 Å². The molecule has 0 atom stereocenters. The topological polar surface area (TPSA) is 53.2 Å². The Hall–Kier alpha value is -1.67. The van der Waals surface area contributed by atoms with Gasteiger partial charge in [0.15, 0.2) is 5.11 Å². The summed E-state index contributed by atoms with van der Waals surface area (Å²) in [6, 6.07) is 17.2. The highest BCUT2D eigenvalue weighted by molar-refractivity contribution is 14.1. The number of carbonyl (C=O) groups is 1. The molecule has 0 heterocycles. The van der Waals surface area contributed by atoms with Crippen molar-refractivity contribution in [2.75, 3.05) is 0 Å². The van der Waals surface area contributed by atoms with Crippen molar-refractivity contribution in [3.8, 4) is 0 Å². The lowest BCUT2D eigenvalue weighted by molar-refractivity contribution is 0.0943. The van der Waals surface area contributed by atoms with Crippen LogP contribution in [0.25, 0.3) is 0 Å². The van der Waals surface area contributed by atoms with Gasteiger partial charge in [0.2, 0.25) is 0 Å². The van der Waals surface area contributed by atoms with Crippen molar-refractivity contribution < 1.29 is 4.79 Å². The summed E-state index contributed by atoms with van der Waals surface area (Å²) in [6.45, 7) is 0.603. The molecule has 2 aromatic carbocycles. The zero-order valence-corrected chi connectivity index (χ0v) is 14.1. The second-order valence-electron chi connectivity index (χ2n) is 4.25. The summed E-state index contributed by atoms with van der Waals surface area (Å²) in [6.07, 6.45) is 0. The van der Waals surface area contributed by atoms with Crippen LogP contribution in [0.4, 0.5) is 0 Å². The molecule has 21 heavy (non-hydrogen) atoms. The fraction of sp³-hybridized carbons (Fsp3) is 0.0667. The van der Waals surface area contributed by atoms with Gasteiger partial charge in [-0.1, -0.05) is 30.3 Å². The minimum absolute atomic E-state index is 0.227. The summed E-state index contributed by atoms with van der Waals surface area (Å²) < 4.78 is 1.08. The van der Waals surface area contributed by atoms with Crippen molar-refractivity contribution in [1.82, 2.24) is 16.2 Å². The fourth-order valence-corrected chi connectivity index (χ4v) is 2.09. The smallest absolute Gasteiger partial charge is 0.269 e. The van der Waals surface area contributed by atoms with Crippen LogP contribution in [0.5, 0.6) is 0 Å². The molecule has 0 aromatic heterocycles. The molecular weight excluding hydrogens is 397 g/mol. The quantitative estimate of drug-likeness (QED) is 0.413. The van der Waals surface area contributed by atoms with Gasteiger partial charge in [-0.15, -0.1) is 0 Å². The molecule has 0 saturated heterocycles. The van der Waals surface area contributed by atoms with Crippen molar-refractivity contribution in [2.45, 2.75) is 6.54 Å². The molecule has 2 rings (SSSR count). The van der Waals surface area contributed by atoms with Crippen LogP contribution in [0, 0.1) is 3.57 Å². The third-order valence-electron chi connectivity index (χ3n) is 2.69. The van der Waals surface area contributed by atoms with E-state index in [4.69, 9.17) is 12.2 Å². The summed E-state index contributed by atoms with van der Waals surface area (Å²) in [5.41, 5.74) is 6.94. The summed E-state index contributed by atoms with van der Waals surface area (Å²) in [5, 5.41) is 3.39. The highest BCUT2D eigenvalue weighted by atomic mass is 127. The Kier molecular flexibility index (Phi) is 5.94. The summed E-state index contributed by atoms with van der Waals surface area (Å²) in [7, 11) is 0. The van der Waals surface area contributed by atoms with Crippen LogP contribution in [0.15, 0.2) is 54.6 Å². The molecule has 0 spiro atoms. The minimum atomic E-state index is -0.227. The van der Waals surface area contributed by atoms with E-state index in [1.165, 1.54) is 0 Å². The van der Waals surface area contributed by atoms with Gasteiger partial charge in [-0.3, -0.25) is 15.6 Å². The molecule has 0 unspecified atom stereocenters. The van der Waals surface area contributed by atoms with Gasteiger partial charge in [0, 0.05) is 15.7 Å². The fourth-order valence-electron chi connectivity index (χ4n) is 1.61. The molecule has 108 valence electrons. The Balaban J connectivity index is 1.76. The number of hydrogen-bond donors (Lipinski definition) is 3. The van der Waals surface area contributed by atoms with Crippen LogP contribution in [-0.4, -0.2) is 11.0 Å². The van der Waals surface area contributed by atoms with Crippen molar-refractivity contribution in [2.24, 2.45) is 0 Å². The normalized spacial score (nSPS) is 9.76. The zero-order valence-electron chi connectivity index (χ0n) is 11.1. The van der Waals surface area contributed by atoms with Gasteiger partial charge in [0.25, 0.3) is 5.91 Å². The van der Waals surface area contributed by atoms with E-state index in [1.54, 1.807) is 12.1 Å². The molecule has 0 aliphatic rings. The van der Waals surface area contributed by atoms with Gasteiger partial charge >= 0.3 is 0 Å². The van der Waals surface area contributed by atoms with Crippen LogP contribution in [0.2, 0.25) is 0 Å². The molecule has 4 nitrogen and oxygen atoms in total. The van der Waals surface area contributed by atoms with Crippen LogP contribution in [0.1, 0.15) is 15.9 Å². The zero-order chi connectivity index (χ0) is 15.1. The average molecular weight is 411 g/mol. The molecule has 0 aliphatic carbocycles. The summed E-state index contributed by atoms with van der Waals surface area (Å²) >= 11 is 7.29. The highest BCUT2D eigenvalue weighted by Crippen LogP contribution is 2.06. The van der Waals surface area contributed by atoms with Crippen LogP contribution >= 0.6 is 34.8 Å².